The molecule has 2 aromatic rings. The van der Waals surface area contributed by atoms with Gasteiger partial charge in [-0.15, -0.1) is 0 Å². The highest BCUT2D eigenvalue weighted by Crippen LogP contribution is 2.33. The zero-order valence-electron chi connectivity index (χ0n) is 17.9. The van der Waals surface area contributed by atoms with Gasteiger partial charge in [-0.25, -0.2) is 18.4 Å². The standard InChI is InChI=1S/C21H24ClN5O4S/c1-14(8-9-32(3,30)31)25-21(29)17-10-24-19(11-23-17)27-13-20(28)26(2)12-18(27)15-6-4-5-7-16(15)22/h4-11,14,18H,12-13H2,1-3H3,(H,25,29)/b9-8+/t14-,18+/m1/s1. The van der Waals surface area contributed by atoms with Gasteiger partial charge in [0, 0.05) is 36.3 Å². The number of benzene rings is 1. The third-order valence-electron chi connectivity index (χ3n) is 4.96. The van der Waals surface area contributed by atoms with Crippen LogP contribution in [-0.4, -0.2) is 67.5 Å². The van der Waals surface area contributed by atoms with E-state index in [1.54, 1.807) is 24.9 Å². The number of carbonyl (C=O) groups excluding carboxylic acids is 2. The average molecular weight is 478 g/mol. The number of hydrogen-bond acceptors (Lipinski definition) is 7. The Balaban J connectivity index is 1.80. The monoisotopic (exact) mass is 477 g/mol. The van der Waals surface area contributed by atoms with Crippen LogP contribution in [0.3, 0.4) is 0 Å². The Hall–Kier alpha value is -2.98. The molecule has 0 bridgehead atoms. The molecule has 3 rings (SSSR count). The zero-order valence-corrected chi connectivity index (χ0v) is 19.5. The van der Waals surface area contributed by atoms with Crippen LogP contribution < -0.4 is 10.2 Å². The smallest absolute Gasteiger partial charge is 0.271 e. The molecule has 0 aliphatic carbocycles. The molecule has 11 heteroatoms. The van der Waals surface area contributed by atoms with Crippen LogP contribution >= 0.6 is 11.6 Å². The minimum absolute atomic E-state index is 0.0663. The Kier molecular flexibility index (Phi) is 7.15. The van der Waals surface area contributed by atoms with Crippen molar-refractivity contribution in [3.05, 3.63) is 64.4 Å². The van der Waals surface area contributed by atoms with Crippen LogP contribution in [0.1, 0.15) is 29.0 Å². The van der Waals surface area contributed by atoms with Crippen LogP contribution in [0.25, 0.3) is 0 Å². The number of anilines is 1. The molecule has 1 aromatic carbocycles. The van der Waals surface area contributed by atoms with Crippen molar-refractivity contribution in [1.82, 2.24) is 20.2 Å². The van der Waals surface area contributed by atoms with Crippen molar-refractivity contribution >= 4 is 39.1 Å². The molecule has 0 radical (unpaired) electrons. The van der Waals surface area contributed by atoms with Crippen LogP contribution in [0.5, 0.6) is 0 Å². The van der Waals surface area contributed by atoms with E-state index in [1.165, 1.54) is 18.5 Å². The third-order valence-corrected chi connectivity index (χ3v) is 5.95. The number of carbonyl (C=O) groups is 2. The molecule has 0 spiro atoms. The van der Waals surface area contributed by atoms with Gasteiger partial charge in [-0.3, -0.25) is 9.59 Å². The van der Waals surface area contributed by atoms with Crippen molar-refractivity contribution in [3.63, 3.8) is 0 Å². The van der Waals surface area contributed by atoms with Crippen LogP contribution in [0.4, 0.5) is 5.82 Å². The minimum Gasteiger partial charge on any atom is -0.345 e. The summed E-state index contributed by atoms with van der Waals surface area (Å²) in [5.74, 6) is -0.117. The van der Waals surface area contributed by atoms with Crippen molar-refractivity contribution in [1.29, 1.82) is 0 Å². The maximum atomic E-state index is 12.4. The number of hydrogen-bond donors (Lipinski definition) is 1. The van der Waals surface area contributed by atoms with E-state index in [-0.39, 0.29) is 24.2 Å². The fourth-order valence-corrected chi connectivity index (χ4v) is 4.05. The highest BCUT2D eigenvalue weighted by Gasteiger charge is 2.33. The van der Waals surface area contributed by atoms with E-state index < -0.39 is 21.8 Å². The second-order valence-corrected chi connectivity index (χ2v) is 9.96. The number of amides is 2. The maximum absolute atomic E-state index is 12.4. The van der Waals surface area contributed by atoms with Gasteiger partial charge < -0.3 is 15.1 Å². The highest BCUT2D eigenvalue weighted by molar-refractivity contribution is 7.93. The van der Waals surface area contributed by atoms with E-state index in [9.17, 15) is 18.0 Å². The molecular formula is C21H24ClN5O4S. The Labute approximate surface area is 192 Å². The molecule has 1 fully saturated rings. The quantitative estimate of drug-likeness (QED) is 0.675. The lowest BCUT2D eigenvalue weighted by Crippen LogP contribution is -2.51. The van der Waals surface area contributed by atoms with Gasteiger partial charge >= 0.3 is 0 Å². The molecule has 2 atom stereocenters. The number of aromatic nitrogens is 2. The van der Waals surface area contributed by atoms with Crippen LogP contribution in [0.2, 0.25) is 5.02 Å². The molecular weight excluding hydrogens is 454 g/mol. The molecule has 1 saturated heterocycles. The Morgan fingerprint density at radius 3 is 2.62 bits per heavy atom. The molecule has 1 aliphatic rings. The van der Waals surface area contributed by atoms with E-state index >= 15 is 0 Å². The van der Waals surface area contributed by atoms with Crippen molar-refractivity contribution in [2.45, 2.75) is 19.0 Å². The highest BCUT2D eigenvalue weighted by atomic mass is 35.5. The van der Waals surface area contributed by atoms with Crippen molar-refractivity contribution in [3.8, 4) is 0 Å². The molecule has 1 N–H and O–H groups in total. The molecule has 170 valence electrons. The first-order chi connectivity index (χ1) is 15.0. The van der Waals surface area contributed by atoms with Gasteiger partial charge in [0.1, 0.15) is 11.5 Å². The second-order valence-electron chi connectivity index (χ2n) is 7.62. The summed E-state index contributed by atoms with van der Waals surface area (Å²) in [5.41, 5.74) is 0.937. The summed E-state index contributed by atoms with van der Waals surface area (Å²) in [7, 11) is -1.55. The first kappa shape index (κ1) is 23.7. The first-order valence-electron chi connectivity index (χ1n) is 9.81. The molecule has 0 unspecified atom stereocenters. The number of piperazine rings is 1. The van der Waals surface area contributed by atoms with Gasteiger partial charge in [-0.2, -0.15) is 0 Å². The predicted octanol–water partition coefficient (Wildman–Crippen LogP) is 1.83. The number of nitrogens with one attached hydrogen (secondary N) is 1. The maximum Gasteiger partial charge on any atom is 0.271 e. The fraction of sp³-hybridized carbons (Fsp3) is 0.333. The van der Waals surface area contributed by atoms with E-state index in [4.69, 9.17) is 11.6 Å². The van der Waals surface area contributed by atoms with Crippen molar-refractivity contribution < 1.29 is 18.0 Å². The first-order valence-corrected chi connectivity index (χ1v) is 12.1. The van der Waals surface area contributed by atoms with Gasteiger partial charge in [0.15, 0.2) is 9.84 Å². The van der Waals surface area contributed by atoms with E-state index in [2.05, 4.69) is 15.3 Å². The van der Waals surface area contributed by atoms with E-state index in [1.807, 2.05) is 23.1 Å². The van der Waals surface area contributed by atoms with Crippen LogP contribution in [0.15, 0.2) is 48.1 Å². The molecule has 2 amide bonds. The average Bonchev–Trinajstić information content (AvgIpc) is 2.74. The number of rotatable bonds is 6. The third kappa shape index (κ3) is 5.83. The van der Waals surface area contributed by atoms with E-state index in [0.29, 0.717) is 17.4 Å². The molecule has 1 aromatic heterocycles. The molecule has 32 heavy (non-hydrogen) atoms. The summed E-state index contributed by atoms with van der Waals surface area (Å²) in [6.07, 6.45) is 5.21. The Morgan fingerprint density at radius 2 is 2.00 bits per heavy atom. The number of halogens is 1. The SMILES string of the molecule is C[C@H](/C=C/S(C)(=O)=O)NC(=O)c1cnc(N2CC(=O)N(C)C[C@H]2c2ccccc2Cl)cn1. The van der Waals surface area contributed by atoms with E-state index in [0.717, 1.165) is 17.2 Å². The fourth-order valence-electron chi connectivity index (χ4n) is 3.26. The molecule has 1 aliphatic heterocycles. The minimum atomic E-state index is -3.28. The molecule has 9 nitrogen and oxygen atoms in total. The lowest BCUT2D eigenvalue weighted by Gasteiger charge is -2.40. The Bertz CT molecular complexity index is 1140. The summed E-state index contributed by atoms with van der Waals surface area (Å²) in [5, 5.41) is 4.26. The largest absolute Gasteiger partial charge is 0.345 e. The van der Waals surface area contributed by atoms with Gasteiger partial charge in [-0.1, -0.05) is 35.9 Å². The van der Waals surface area contributed by atoms with Gasteiger partial charge in [-0.05, 0) is 18.6 Å². The van der Waals surface area contributed by atoms with Crippen molar-refractivity contribution in [2.24, 2.45) is 0 Å². The lowest BCUT2D eigenvalue weighted by atomic mass is 10.0. The topological polar surface area (TPSA) is 113 Å². The number of likely N-dealkylation sites (N-methyl/N-ethyl adjacent to an activating group) is 1. The van der Waals surface area contributed by atoms with Gasteiger partial charge in [0.25, 0.3) is 5.91 Å². The number of nitrogens with zero attached hydrogens (tertiary/aromatic N) is 4. The lowest BCUT2D eigenvalue weighted by molar-refractivity contribution is -0.130. The summed E-state index contributed by atoms with van der Waals surface area (Å²) in [4.78, 5) is 36.8. The normalized spacial score (nSPS) is 18.1. The zero-order chi connectivity index (χ0) is 23.5. The van der Waals surface area contributed by atoms with Gasteiger partial charge in [0.05, 0.1) is 25.0 Å². The second kappa shape index (κ2) is 9.66. The van der Waals surface area contributed by atoms with Gasteiger partial charge in [0.2, 0.25) is 5.91 Å². The summed E-state index contributed by atoms with van der Waals surface area (Å²) >= 11 is 6.40. The van der Waals surface area contributed by atoms with Crippen LogP contribution in [0, 0.1) is 0 Å². The summed E-state index contributed by atoms with van der Waals surface area (Å²) in [6.45, 7) is 2.17. The summed E-state index contributed by atoms with van der Waals surface area (Å²) in [6, 6.07) is 6.69. The molecule has 0 saturated carbocycles. The predicted molar refractivity (Wildman–Crippen MR) is 122 cm³/mol. The Morgan fingerprint density at radius 1 is 1.28 bits per heavy atom. The van der Waals surface area contributed by atoms with Crippen LogP contribution in [-0.2, 0) is 14.6 Å². The number of sulfone groups is 1. The summed E-state index contributed by atoms with van der Waals surface area (Å²) < 4.78 is 22.4. The van der Waals surface area contributed by atoms with Crippen molar-refractivity contribution in [2.75, 3.05) is 31.3 Å². The molecule has 2 heterocycles.